The zero-order chi connectivity index (χ0) is 15.4. The molecular formula is C14H15N3O4. The number of nitro groups is 1. The topological polar surface area (TPSA) is 105 Å². The third kappa shape index (κ3) is 3.44. The van der Waals surface area contributed by atoms with Crippen LogP contribution in [0.1, 0.15) is 18.5 Å². The number of carboxylic acids is 1. The highest BCUT2D eigenvalue weighted by Crippen LogP contribution is 2.29. The molecule has 0 saturated carbocycles. The maximum Gasteiger partial charge on any atom is 0.303 e. The van der Waals surface area contributed by atoms with Crippen LogP contribution in [0.4, 0.5) is 11.4 Å². The van der Waals surface area contributed by atoms with Gasteiger partial charge in [0.15, 0.2) is 5.52 Å². The molecule has 7 heteroatoms. The molecule has 0 unspecified atom stereocenters. The highest BCUT2D eigenvalue weighted by Gasteiger charge is 2.15. The summed E-state index contributed by atoms with van der Waals surface area (Å²) in [7, 11) is 0. The summed E-state index contributed by atoms with van der Waals surface area (Å²) in [6.45, 7) is 2.24. The molecule has 0 radical (unpaired) electrons. The first-order chi connectivity index (χ1) is 9.99. The summed E-state index contributed by atoms with van der Waals surface area (Å²) in [5.74, 6) is -0.844. The Balaban J connectivity index is 2.33. The second-order valence-corrected chi connectivity index (χ2v) is 4.67. The van der Waals surface area contributed by atoms with Crippen molar-refractivity contribution in [1.82, 2.24) is 4.98 Å². The molecule has 0 atom stereocenters. The third-order valence-corrected chi connectivity index (χ3v) is 3.03. The van der Waals surface area contributed by atoms with E-state index in [0.717, 1.165) is 5.69 Å². The normalized spacial score (nSPS) is 10.5. The van der Waals surface area contributed by atoms with E-state index in [1.54, 1.807) is 25.1 Å². The Labute approximate surface area is 120 Å². The first kappa shape index (κ1) is 14.7. The number of nitrogens with zero attached hydrogens (tertiary/aromatic N) is 2. The number of benzene rings is 1. The minimum Gasteiger partial charge on any atom is -0.481 e. The molecule has 2 N–H and O–H groups in total. The zero-order valence-electron chi connectivity index (χ0n) is 11.5. The molecule has 0 bridgehead atoms. The second kappa shape index (κ2) is 6.17. The first-order valence-corrected chi connectivity index (χ1v) is 6.49. The van der Waals surface area contributed by atoms with Gasteiger partial charge in [-0.2, -0.15) is 0 Å². The van der Waals surface area contributed by atoms with Gasteiger partial charge in [0.25, 0.3) is 5.69 Å². The van der Waals surface area contributed by atoms with Crippen LogP contribution in [-0.2, 0) is 4.79 Å². The fraction of sp³-hybridized carbons (Fsp3) is 0.286. The molecule has 2 rings (SSSR count). The number of hydrogen-bond donors (Lipinski definition) is 2. The lowest BCUT2D eigenvalue weighted by molar-refractivity contribution is -0.383. The average Bonchev–Trinajstić information content (AvgIpc) is 2.42. The van der Waals surface area contributed by atoms with E-state index < -0.39 is 10.9 Å². The largest absolute Gasteiger partial charge is 0.481 e. The molecule has 1 aromatic heterocycles. The van der Waals surface area contributed by atoms with Crippen LogP contribution >= 0.6 is 0 Å². The number of aryl methyl sites for hydroxylation is 1. The van der Waals surface area contributed by atoms with Crippen molar-refractivity contribution in [3.8, 4) is 0 Å². The molecule has 2 aromatic rings. The van der Waals surface area contributed by atoms with Crippen molar-refractivity contribution in [2.45, 2.75) is 19.8 Å². The summed E-state index contributed by atoms with van der Waals surface area (Å²) in [4.78, 5) is 25.3. The number of aromatic nitrogens is 1. The third-order valence-electron chi connectivity index (χ3n) is 3.03. The number of para-hydroxylation sites is 1. The van der Waals surface area contributed by atoms with E-state index in [2.05, 4.69) is 10.3 Å². The first-order valence-electron chi connectivity index (χ1n) is 6.49. The number of rotatable bonds is 6. The van der Waals surface area contributed by atoms with E-state index in [1.807, 2.05) is 0 Å². The Kier molecular flexibility index (Phi) is 4.32. The highest BCUT2D eigenvalue weighted by molar-refractivity contribution is 5.96. The highest BCUT2D eigenvalue weighted by atomic mass is 16.6. The lowest BCUT2D eigenvalue weighted by atomic mass is 10.1. The summed E-state index contributed by atoms with van der Waals surface area (Å²) in [6, 6.07) is 6.59. The molecule has 0 spiro atoms. The summed E-state index contributed by atoms with van der Waals surface area (Å²) < 4.78 is 0. The summed E-state index contributed by atoms with van der Waals surface area (Å²) in [5.41, 5.74) is 1.69. The van der Waals surface area contributed by atoms with Gasteiger partial charge in [0.2, 0.25) is 0 Å². The second-order valence-electron chi connectivity index (χ2n) is 4.67. The number of fused-ring (bicyclic) bond motifs is 1. The van der Waals surface area contributed by atoms with E-state index in [1.165, 1.54) is 6.07 Å². The predicted molar refractivity (Wildman–Crippen MR) is 78.5 cm³/mol. The summed E-state index contributed by atoms with van der Waals surface area (Å²) in [5, 5.41) is 23.4. The molecule has 21 heavy (non-hydrogen) atoms. The van der Waals surface area contributed by atoms with Crippen LogP contribution in [0.5, 0.6) is 0 Å². The van der Waals surface area contributed by atoms with Gasteiger partial charge >= 0.3 is 5.97 Å². The van der Waals surface area contributed by atoms with E-state index in [4.69, 9.17) is 5.11 Å². The van der Waals surface area contributed by atoms with E-state index in [0.29, 0.717) is 29.6 Å². The van der Waals surface area contributed by atoms with Gasteiger partial charge in [-0.3, -0.25) is 14.9 Å². The number of anilines is 1. The summed E-state index contributed by atoms with van der Waals surface area (Å²) in [6.07, 6.45) is 0.558. The number of non-ortho nitro benzene ring substituents is 1. The molecule has 0 aliphatic carbocycles. The van der Waals surface area contributed by atoms with Crippen LogP contribution in [0.2, 0.25) is 0 Å². The van der Waals surface area contributed by atoms with E-state index in [-0.39, 0.29) is 12.1 Å². The Morgan fingerprint density at radius 1 is 1.48 bits per heavy atom. The number of aliphatic carboxylic acids is 1. The number of nitro benzene ring substituents is 1. The van der Waals surface area contributed by atoms with Crippen molar-refractivity contribution in [2.75, 3.05) is 11.9 Å². The van der Waals surface area contributed by atoms with Gasteiger partial charge in [-0.05, 0) is 19.4 Å². The SMILES string of the molecule is Cc1cc(NCCCC(=O)O)c2cccc([N+](=O)[O-])c2n1. The van der Waals surface area contributed by atoms with Crippen molar-refractivity contribution in [3.05, 3.63) is 40.1 Å². The molecule has 0 saturated heterocycles. The van der Waals surface area contributed by atoms with Crippen molar-refractivity contribution >= 4 is 28.2 Å². The molecule has 1 heterocycles. The smallest absolute Gasteiger partial charge is 0.303 e. The number of carbonyl (C=O) groups is 1. The van der Waals surface area contributed by atoms with Crippen LogP contribution in [0.25, 0.3) is 10.9 Å². The van der Waals surface area contributed by atoms with Crippen LogP contribution in [-0.4, -0.2) is 27.5 Å². The zero-order valence-corrected chi connectivity index (χ0v) is 11.5. The molecule has 1 aromatic carbocycles. The number of nitrogens with one attached hydrogen (secondary N) is 1. The Morgan fingerprint density at radius 2 is 2.24 bits per heavy atom. The van der Waals surface area contributed by atoms with Gasteiger partial charge in [0.05, 0.1) is 4.92 Å². The van der Waals surface area contributed by atoms with Crippen LogP contribution in [0, 0.1) is 17.0 Å². The van der Waals surface area contributed by atoms with Crippen molar-refractivity contribution < 1.29 is 14.8 Å². The van der Waals surface area contributed by atoms with Gasteiger partial charge in [-0.1, -0.05) is 12.1 Å². The van der Waals surface area contributed by atoms with Gasteiger partial charge in [-0.15, -0.1) is 0 Å². The van der Waals surface area contributed by atoms with E-state index in [9.17, 15) is 14.9 Å². The number of pyridine rings is 1. The maximum absolute atomic E-state index is 11.1. The fourth-order valence-electron chi connectivity index (χ4n) is 2.12. The quantitative estimate of drug-likeness (QED) is 0.481. The lowest BCUT2D eigenvalue weighted by Gasteiger charge is -2.10. The maximum atomic E-state index is 11.1. The van der Waals surface area contributed by atoms with Gasteiger partial charge in [0, 0.05) is 35.8 Å². The average molecular weight is 289 g/mol. The molecule has 0 aliphatic rings. The van der Waals surface area contributed by atoms with Gasteiger partial charge in [0.1, 0.15) is 0 Å². The monoisotopic (exact) mass is 289 g/mol. The van der Waals surface area contributed by atoms with Gasteiger partial charge < -0.3 is 10.4 Å². The molecule has 110 valence electrons. The molecule has 0 amide bonds. The molecule has 0 fully saturated rings. The number of carboxylic acid groups (broad SMARTS) is 1. The standard InChI is InChI=1S/C14H15N3O4/c1-9-8-11(15-7-3-6-13(18)19)10-4-2-5-12(17(20)21)14(10)16-9/h2,4-5,8H,3,6-7H2,1H3,(H,15,16)(H,18,19). The predicted octanol–water partition coefficient (Wildman–Crippen LogP) is 2.73. The van der Waals surface area contributed by atoms with E-state index >= 15 is 0 Å². The van der Waals surface area contributed by atoms with Crippen molar-refractivity contribution in [2.24, 2.45) is 0 Å². The lowest BCUT2D eigenvalue weighted by Crippen LogP contribution is -2.06. The van der Waals surface area contributed by atoms with Crippen LogP contribution in [0.3, 0.4) is 0 Å². The summed E-state index contributed by atoms with van der Waals surface area (Å²) >= 11 is 0. The number of hydrogen-bond acceptors (Lipinski definition) is 5. The molecule has 0 aliphatic heterocycles. The minimum atomic E-state index is -0.844. The Hall–Kier alpha value is -2.70. The van der Waals surface area contributed by atoms with Crippen LogP contribution in [0.15, 0.2) is 24.3 Å². The fourth-order valence-corrected chi connectivity index (χ4v) is 2.12. The Bertz CT molecular complexity index is 700. The molecular weight excluding hydrogens is 274 g/mol. The Morgan fingerprint density at radius 3 is 2.90 bits per heavy atom. The van der Waals surface area contributed by atoms with Crippen molar-refractivity contribution in [3.63, 3.8) is 0 Å². The van der Waals surface area contributed by atoms with Crippen LogP contribution < -0.4 is 5.32 Å². The van der Waals surface area contributed by atoms with Crippen molar-refractivity contribution in [1.29, 1.82) is 0 Å². The molecule has 7 nitrogen and oxygen atoms in total. The minimum absolute atomic E-state index is 0.0372. The van der Waals surface area contributed by atoms with Gasteiger partial charge in [-0.25, -0.2) is 4.98 Å².